The molecular weight excluding hydrogens is 206 g/mol. The fourth-order valence-corrected chi connectivity index (χ4v) is 2.81. The molecule has 0 bridgehead atoms. The summed E-state index contributed by atoms with van der Waals surface area (Å²) in [4.78, 5) is 14.9. The highest BCUT2D eigenvalue weighted by molar-refractivity contribution is 7.99. The largest absolute Gasteiger partial charge is 0.314 e. The van der Waals surface area contributed by atoms with Crippen molar-refractivity contribution >= 4 is 23.4 Å². The van der Waals surface area contributed by atoms with Crippen LogP contribution in [0.15, 0.2) is 41.8 Å². The number of carbonyl (C=O) groups excluding carboxylic acids is 1. The number of hydrogen-bond donors (Lipinski definition) is 0. The van der Waals surface area contributed by atoms with E-state index in [-0.39, 0.29) is 11.8 Å². The van der Waals surface area contributed by atoms with Crippen molar-refractivity contribution in [3.8, 4) is 0 Å². The van der Waals surface area contributed by atoms with E-state index in [1.807, 2.05) is 25.2 Å². The molecule has 1 aromatic rings. The van der Waals surface area contributed by atoms with Crippen LogP contribution in [0.1, 0.15) is 0 Å². The Hall–Kier alpha value is -1.22. The third kappa shape index (κ3) is 1.79. The van der Waals surface area contributed by atoms with Crippen LogP contribution in [0.2, 0.25) is 0 Å². The zero-order valence-electron chi connectivity index (χ0n) is 8.64. The van der Waals surface area contributed by atoms with Gasteiger partial charge in [-0.15, -0.1) is 18.3 Å². The third-order valence-electron chi connectivity index (χ3n) is 2.58. The van der Waals surface area contributed by atoms with Crippen LogP contribution in [0, 0.1) is 5.92 Å². The maximum Gasteiger partial charge on any atom is 0.234 e. The van der Waals surface area contributed by atoms with Crippen LogP contribution < -0.4 is 4.90 Å². The second-order valence-electron chi connectivity index (χ2n) is 3.52. The maximum absolute atomic E-state index is 12.0. The molecule has 1 aliphatic rings. The molecular formula is C12H13NOS. The van der Waals surface area contributed by atoms with Gasteiger partial charge in [0, 0.05) is 17.7 Å². The number of para-hydroxylation sites is 1. The average molecular weight is 219 g/mol. The number of fused-ring (bicyclic) bond motifs is 1. The van der Waals surface area contributed by atoms with Gasteiger partial charge in [0.05, 0.1) is 11.6 Å². The van der Waals surface area contributed by atoms with Gasteiger partial charge < -0.3 is 4.90 Å². The number of nitrogens with zero attached hydrogens (tertiary/aromatic N) is 1. The van der Waals surface area contributed by atoms with E-state index in [1.54, 1.807) is 22.7 Å². The number of hydrogen-bond acceptors (Lipinski definition) is 2. The van der Waals surface area contributed by atoms with Crippen LogP contribution in [0.5, 0.6) is 0 Å². The molecule has 0 N–H and O–H groups in total. The summed E-state index contributed by atoms with van der Waals surface area (Å²) in [6.07, 6.45) is 1.73. The second-order valence-corrected chi connectivity index (χ2v) is 4.58. The summed E-state index contributed by atoms with van der Waals surface area (Å²) in [5.41, 5.74) is 0.997. The summed E-state index contributed by atoms with van der Waals surface area (Å²) in [7, 11) is 1.82. The molecule has 0 aliphatic carbocycles. The fourth-order valence-electron chi connectivity index (χ4n) is 1.64. The van der Waals surface area contributed by atoms with Gasteiger partial charge >= 0.3 is 0 Å². The Morgan fingerprint density at radius 1 is 1.53 bits per heavy atom. The number of anilines is 1. The molecule has 2 rings (SSSR count). The lowest BCUT2D eigenvalue weighted by atomic mass is 10.1. The summed E-state index contributed by atoms with van der Waals surface area (Å²) >= 11 is 1.72. The summed E-state index contributed by atoms with van der Waals surface area (Å²) in [5, 5.41) is 0. The SMILES string of the molecule is C=C[C@H]1CSc2ccccc2N(C)C1=O. The molecule has 0 fully saturated rings. The van der Waals surface area contributed by atoms with E-state index in [4.69, 9.17) is 0 Å². The number of thioether (sulfide) groups is 1. The van der Waals surface area contributed by atoms with Gasteiger partial charge in [0.25, 0.3) is 0 Å². The topological polar surface area (TPSA) is 20.3 Å². The van der Waals surface area contributed by atoms with E-state index < -0.39 is 0 Å². The maximum atomic E-state index is 12.0. The third-order valence-corrected chi connectivity index (χ3v) is 3.76. The first-order valence-corrected chi connectivity index (χ1v) is 5.84. The number of carbonyl (C=O) groups is 1. The smallest absolute Gasteiger partial charge is 0.234 e. The minimum Gasteiger partial charge on any atom is -0.314 e. The first-order valence-electron chi connectivity index (χ1n) is 4.86. The minimum absolute atomic E-state index is 0.0765. The van der Waals surface area contributed by atoms with Crippen LogP contribution in [-0.4, -0.2) is 18.7 Å². The molecule has 1 heterocycles. The Morgan fingerprint density at radius 2 is 2.27 bits per heavy atom. The molecule has 0 saturated heterocycles. The molecule has 3 heteroatoms. The Balaban J connectivity index is 2.43. The van der Waals surface area contributed by atoms with Crippen molar-refractivity contribution in [2.45, 2.75) is 4.90 Å². The van der Waals surface area contributed by atoms with Gasteiger partial charge in [-0.05, 0) is 12.1 Å². The molecule has 1 aromatic carbocycles. The summed E-state index contributed by atoms with van der Waals surface area (Å²) < 4.78 is 0. The fraction of sp³-hybridized carbons (Fsp3) is 0.250. The zero-order chi connectivity index (χ0) is 10.8. The predicted octanol–water partition coefficient (Wildman–Crippen LogP) is 2.56. The number of benzene rings is 1. The molecule has 0 saturated carbocycles. The van der Waals surface area contributed by atoms with Crippen LogP contribution in [0.25, 0.3) is 0 Å². The minimum atomic E-state index is -0.0765. The molecule has 1 atom stereocenters. The van der Waals surface area contributed by atoms with E-state index in [0.717, 1.165) is 16.3 Å². The molecule has 2 nitrogen and oxygen atoms in total. The molecule has 0 spiro atoms. The highest BCUT2D eigenvalue weighted by atomic mass is 32.2. The highest BCUT2D eigenvalue weighted by Gasteiger charge is 2.25. The number of rotatable bonds is 1. The van der Waals surface area contributed by atoms with Crippen LogP contribution in [0.3, 0.4) is 0 Å². The number of amides is 1. The van der Waals surface area contributed by atoms with Gasteiger partial charge in [-0.1, -0.05) is 18.2 Å². The van der Waals surface area contributed by atoms with E-state index >= 15 is 0 Å². The lowest BCUT2D eigenvalue weighted by Crippen LogP contribution is -2.31. The summed E-state index contributed by atoms with van der Waals surface area (Å²) in [6, 6.07) is 7.98. The van der Waals surface area contributed by atoms with Crippen LogP contribution >= 0.6 is 11.8 Å². The van der Waals surface area contributed by atoms with Crippen molar-refractivity contribution in [3.05, 3.63) is 36.9 Å². The van der Waals surface area contributed by atoms with Gasteiger partial charge in [0.1, 0.15) is 0 Å². The normalized spacial score (nSPS) is 20.7. The summed E-state index contributed by atoms with van der Waals surface area (Å²) in [6.45, 7) is 3.71. The average Bonchev–Trinajstić information content (AvgIpc) is 2.39. The second kappa shape index (κ2) is 4.11. The van der Waals surface area contributed by atoms with Crippen molar-refractivity contribution < 1.29 is 4.79 Å². The first kappa shape index (κ1) is 10.3. The van der Waals surface area contributed by atoms with E-state index in [1.165, 1.54) is 0 Å². The van der Waals surface area contributed by atoms with Crippen molar-refractivity contribution in [2.24, 2.45) is 5.92 Å². The van der Waals surface area contributed by atoms with E-state index in [0.29, 0.717) is 0 Å². The van der Waals surface area contributed by atoms with Crippen LogP contribution in [0.4, 0.5) is 5.69 Å². The monoisotopic (exact) mass is 219 g/mol. The van der Waals surface area contributed by atoms with Gasteiger partial charge in [-0.2, -0.15) is 0 Å². The molecule has 1 amide bonds. The Bertz CT molecular complexity index is 402. The van der Waals surface area contributed by atoms with E-state index in [9.17, 15) is 4.79 Å². The lowest BCUT2D eigenvalue weighted by Gasteiger charge is -2.18. The van der Waals surface area contributed by atoms with Crippen molar-refractivity contribution in [1.82, 2.24) is 0 Å². The Labute approximate surface area is 94.0 Å². The Morgan fingerprint density at radius 3 is 3.00 bits per heavy atom. The standard InChI is InChI=1S/C12H13NOS/c1-3-9-8-15-11-7-5-4-6-10(11)13(2)12(9)14/h3-7,9H,1,8H2,2H3/t9-/m0/s1. The molecule has 0 unspecified atom stereocenters. The predicted molar refractivity (Wildman–Crippen MR) is 64.3 cm³/mol. The van der Waals surface area contributed by atoms with Gasteiger partial charge in [-0.25, -0.2) is 0 Å². The van der Waals surface area contributed by atoms with Gasteiger partial charge in [0.15, 0.2) is 0 Å². The van der Waals surface area contributed by atoms with Gasteiger partial charge in [0.2, 0.25) is 5.91 Å². The quantitative estimate of drug-likeness (QED) is 0.677. The van der Waals surface area contributed by atoms with Crippen molar-refractivity contribution in [2.75, 3.05) is 17.7 Å². The lowest BCUT2D eigenvalue weighted by molar-refractivity contribution is -0.120. The van der Waals surface area contributed by atoms with Crippen molar-refractivity contribution in [3.63, 3.8) is 0 Å². The molecule has 15 heavy (non-hydrogen) atoms. The molecule has 1 aliphatic heterocycles. The molecule has 0 aromatic heterocycles. The summed E-state index contributed by atoms with van der Waals surface area (Å²) in [5.74, 6) is 0.832. The molecule has 78 valence electrons. The van der Waals surface area contributed by atoms with Crippen LogP contribution in [-0.2, 0) is 4.79 Å². The molecule has 0 radical (unpaired) electrons. The van der Waals surface area contributed by atoms with E-state index in [2.05, 4.69) is 12.6 Å². The first-order chi connectivity index (χ1) is 7.24. The Kier molecular flexibility index (Phi) is 2.82. The van der Waals surface area contributed by atoms with Gasteiger partial charge in [-0.3, -0.25) is 4.79 Å². The highest BCUT2D eigenvalue weighted by Crippen LogP contribution is 2.35. The zero-order valence-corrected chi connectivity index (χ0v) is 9.46. The van der Waals surface area contributed by atoms with Crippen molar-refractivity contribution in [1.29, 1.82) is 0 Å².